The van der Waals surface area contributed by atoms with Gasteiger partial charge in [-0.3, -0.25) is 9.59 Å². The monoisotopic (exact) mass is 842 g/mol. The van der Waals surface area contributed by atoms with Gasteiger partial charge in [0.2, 0.25) is 0 Å². The molecule has 8 nitrogen and oxygen atoms in total. The van der Waals surface area contributed by atoms with Gasteiger partial charge in [0.05, 0.1) is 21.4 Å². The van der Waals surface area contributed by atoms with Crippen molar-refractivity contribution in [1.29, 1.82) is 0 Å². The van der Waals surface area contributed by atoms with E-state index in [4.69, 9.17) is 18.9 Å². The lowest BCUT2D eigenvalue weighted by molar-refractivity contribution is -0.137. The van der Waals surface area contributed by atoms with Crippen molar-refractivity contribution in [2.24, 2.45) is 0 Å². The van der Waals surface area contributed by atoms with Gasteiger partial charge in [0, 0.05) is 38.2 Å². The third-order valence-corrected chi connectivity index (χ3v) is 12.5. The Kier molecular flexibility index (Phi) is 13.3. The summed E-state index contributed by atoms with van der Waals surface area (Å²) < 4.78 is 42.0. The third kappa shape index (κ3) is 9.09. The number of carbonyl (C=O) groups excluding carboxylic acids is 1. The van der Waals surface area contributed by atoms with E-state index in [1.165, 1.54) is 28.7 Å². The summed E-state index contributed by atoms with van der Waals surface area (Å²) in [6.07, 6.45) is 1.78. The molecule has 306 valence electrons. The standard InChI is InChI=1S/C49H43FO8S2/c1-5-31-14-13-15-32(26-31)27-57-37-21-20-33(42-45(53)34-16-7-9-18-39(34)59-48(37)42)24-30(4)47(56-23-12-11-22-55-41(52)6-2)36(51)28-58-38-25-29(3)44(50)43-46(54)35-17-8-10-19-40(35)60-49(38)43/h5-10,13-21,25-26,36,47,51H,1-2,4,11-12,22-24,27-28H2,3H3. The van der Waals surface area contributed by atoms with E-state index >= 15 is 4.39 Å². The van der Waals surface area contributed by atoms with Crippen molar-refractivity contribution in [2.45, 2.75) is 45.0 Å². The number of aliphatic hydroxyl groups excluding tert-OH is 1. The van der Waals surface area contributed by atoms with Crippen molar-refractivity contribution in [3.8, 4) is 11.5 Å². The zero-order valence-electron chi connectivity index (χ0n) is 33.0. The average molecular weight is 843 g/mol. The Morgan fingerprint density at radius 2 is 1.48 bits per heavy atom. The Hall–Kier alpha value is -5.98. The molecule has 0 bridgehead atoms. The van der Waals surface area contributed by atoms with Crippen LogP contribution in [0.25, 0.3) is 46.4 Å². The minimum absolute atomic E-state index is 0.0656. The Morgan fingerprint density at radius 3 is 2.18 bits per heavy atom. The minimum atomic E-state index is -1.27. The van der Waals surface area contributed by atoms with Gasteiger partial charge >= 0.3 is 5.97 Å². The summed E-state index contributed by atoms with van der Waals surface area (Å²) in [7, 11) is 0. The van der Waals surface area contributed by atoms with Crippen LogP contribution in [-0.4, -0.2) is 43.1 Å². The predicted octanol–water partition coefficient (Wildman–Crippen LogP) is 10.2. The van der Waals surface area contributed by atoms with Crippen molar-refractivity contribution < 1.29 is 33.2 Å². The zero-order valence-corrected chi connectivity index (χ0v) is 34.7. The van der Waals surface area contributed by atoms with E-state index in [1.807, 2.05) is 60.7 Å². The van der Waals surface area contributed by atoms with Gasteiger partial charge in [-0.2, -0.15) is 0 Å². The smallest absolute Gasteiger partial charge is 0.330 e. The lowest BCUT2D eigenvalue weighted by Gasteiger charge is -2.26. The zero-order chi connectivity index (χ0) is 42.3. The van der Waals surface area contributed by atoms with Gasteiger partial charge < -0.3 is 24.1 Å². The fourth-order valence-electron chi connectivity index (χ4n) is 7.07. The van der Waals surface area contributed by atoms with E-state index in [2.05, 4.69) is 19.7 Å². The summed E-state index contributed by atoms with van der Waals surface area (Å²) in [4.78, 5) is 39.3. The first-order chi connectivity index (χ1) is 29.1. The molecule has 0 aliphatic heterocycles. The maximum absolute atomic E-state index is 15.5. The molecule has 2 heterocycles. The maximum Gasteiger partial charge on any atom is 0.330 e. The van der Waals surface area contributed by atoms with Gasteiger partial charge in [0.1, 0.15) is 42.7 Å². The highest BCUT2D eigenvalue weighted by Gasteiger charge is 2.27. The summed E-state index contributed by atoms with van der Waals surface area (Å²) in [6, 6.07) is 27.5. The van der Waals surface area contributed by atoms with E-state index in [0.29, 0.717) is 60.0 Å². The topological polar surface area (TPSA) is 108 Å². The van der Waals surface area contributed by atoms with Crippen LogP contribution in [0.4, 0.5) is 4.39 Å². The molecule has 2 atom stereocenters. The Labute approximate surface area is 354 Å². The summed E-state index contributed by atoms with van der Waals surface area (Å²) in [5.74, 6) is -0.318. The molecule has 0 amide bonds. The van der Waals surface area contributed by atoms with Crippen LogP contribution in [0.15, 0.2) is 132 Å². The predicted molar refractivity (Wildman–Crippen MR) is 241 cm³/mol. The number of hydrogen-bond donors (Lipinski definition) is 1. The molecule has 7 rings (SSSR count). The Morgan fingerprint density at radius 1 is 0.817 bits per heavy atom. The molecule has 0 radical (unpaired) electrons. The second kappa shape index (κ2) is 18.9. The molecule has 60 heavy (non-hydrogen) atoms. The molecule has 7 aromatic rings. The van der Waals surface area contributed by atoms with Crippen LogP contribution in [0, 0.1) is 12.7 Å². The lowest BCUT2D eigenvalue weighted by atomic mass is 9.95. The summed E-state index contributed by atoms with van der Waals surface area (Å²) in [5, 5.41) is 13.2. The molecule has 5 aromatic carbocycles. The van der Waals surface area contributed by atoms with Crippen LogP contribution in [0.3, 0.4) is 0 Å². The first-order valence-corrected chi connectivity index (χ1v) is 21.1. The molecule has 0 spiro atoms. The van der Waals surface area contributed by atoms with Gasteiger partial charge in [-0.1, -0.05) is 74.3 Å². The molecule has 0 saturated heterocycles. The molecule has 0 aliphatic carbocycles. The van der Waals surface area contributed by atoms with Gasteiger partial charge in [-0.25, -0.2) is 9.18 Å². The Balaban J connectivity index is 1.19. The Bertz CT molecular complexity index is 2900. The first kappa shape index (κ1) is 42.2. The van der Waals surface area contributed by atoms with Crippen LogP contribution in [-0.2, 0) is 27.3 Å². The number of rotatable bonds is 18. The van der Waals surface area contributed by atoms with Crippen LogP contribution >= 0.6 is 22.7 Å². The number of unbranched alkanes of at least 4 members (excludes halogenated alkanes) is 1. The van der Waals surface area contributed by atoms with E-state index in [1.54, 1.807) is 37.3 Å². The number of esters is 1. The fraction of sp³-hybridized carbons (Fsp3) is 0.204. The molecule has 0 saturated carbocycles. The first-order valence-electron chi connectivity index (χ1n) is 19.4. The molecule has 2 unspecified atom stereocenters. The number of aryl methyl sites for hydroxylation is 1. The molecular formula is C49H43FO8S2. The normalized spacial score (nSPS) is 12.4. The van der Waals surface area contributed by atoms with E-state index in [0.717, 1.165) is 21.9 Å². The third-order valence-electron chi connectivity index (χ3n) is 10.1. The number of benzene rings is 5. The molecular weight excluding hydrogens is 800 g/mol. The SMILES string of the molecule is C=CC(=O)OCCCCOC(C(=C)Cc1ccc(OCc2cccc(C=C)c2)c2sc3ccccc3c(=O)c12)C(O)COc1cc(C)c(F)c2c(=O)c3ccccc3sc12. The number of carbonyl (C=O) groups is 1. The van der Waals surface area contributed by atoms with Crippen LogP contribution < -0.4 is 20.3 Å². The highest BCUT2D eigenvalue weighted by atomic mass is 32.1. The number of fused-ring (bicyclic) bond motifs is 4. The van der Waals surface area contributed by atoms with Gasteiger partial charge in [0.15, 0.2) is 10.9 Å². The highest BCUT2D eigenvalue weighted by molar-refractivity contribution is 7.25. The fourth-order valence-corrected chi connectivity index (χ4v) is 9.40. The summed E-state index contributed by atoms with van der Waals surface area (Å²) >= 11 is 2.70. The largest absolute Gasteiger partial charge is 0.489 e. The average Bonchev–Trinajstić information content (AvgIpc) is 3.26. The quantitative estimate of drug-likeness (QED) is 0.0299. The van der Waals surface area contributed by atoms with E-state index in [9.17, 15) is 19.5 Å². The molecule has 0 fully saturated rings. The molecule has 1 N–H and O–H groups in total. The second-order valence-corrected chi connectivity index (χ2v) is 16.4. The van der Waals surface area contributed by atoms with E-state index in [-0.39, 0.29) is 55.0 Å². The van der Waals surface area contributed by atoms with Crippen molar-refractivity contribution in [2.75, 3.05) is 19.8 Å². The van der Waals surface area contributed by atoms with Gasteiger partial charge in [-0.15, -0.1) is 22.7 Å². The van der Waals surface area contributed by atoms with Gasteiger partial charge in [0.25, 0.3) is 0 Å². The van der Waals surface area contributed by atoms with Crippen molar-refractivity contribution in [3.63, 3.8) is 0 Å². The van der Waals surface area contributed by atoms with Crippen molar-refractivity contribution >= 4 is 75.1 Å². The van der Waals surface area contributed by atoms with E-state index < -0.39 is 29.4 Å². The number of ether oxygens (including phenoxy) is 4. The van der Waals surface area contributed by atoms with Crippen molar-refractivity contribution in [1.82, 2.24) is 0 Å². The van der Waals surface area contributed by atoms with Gasteiger partial charge in [-0.05, 0) is 96.5 Å². The molecule has 11 heteroatoms. The summed E-state index contributed by atoms with van der Waals surface area (Å²) in [6.45, 7) is 13.5. The molecule has 2 aromatic heterocycles. The number of halogens is 1. The number of hydrogen-bond acceptors (Lipinski definition) is 10. The lowest BCUT2D eigenvalue weighted by Crippen LogP contribution is -2.36. The highest BCUT2D eigenvalue weighted by Crippen LogP contribution is 2.37. The summed E-state index contributed by atoms with van der Waals surface area (Å²) in [5.41, 5.74) is 2.72. The van der Waals surface area contributed by atoms with Crippen LogP contribution in [0.1, 0.15) is 35.1 Å². The van der Waals surface area contributed by atoms with Crippen LogP contribution in [0.5, 0.6) is 11.5 Å². The maximum atomic E-state index is 15.5. The second-order valence-electron chi connectivity index (χ2n) is 14.3. The van der Waals surface area contributed by atoms with Crippen LogP contribution in [0.2, 0.25) is 0 Å². The minimum Gasteiger partial charge on any atom is -0.489 e. The molecule has 0 aliphatic rings. The number of aliphatic hydroxyl groups is 1. The van der Waals surface area contributed by atoms with Crippen molar-refractivity contribution in [3.05, 3.63) is 171 Å².